The van der Waals surface area contributed by atoms with Crippen LogP contribution in [0.2, 0.25) is 5.02 Å². The molecule has 1 aliphatic heterocycles. The van der Waals surface area contributed by atoms with Crippen LogP contribution in [0.15, 0.2) is 6.07 Å². The van der Waals surface area contributed by atoms with E-state index in [9.17, 15) is 8.78 Å². The maximum absolute atomic E-state index is 13.7. The van der Waals surface area contributed by atoms with Gasteiger partial charge in [0.25, 0.3) is 0 Å². The van der Waals surface area contributed by atoms with Gasteiger partial charge < -0.3 is 10.1 Å². The zero-order valence-corrected chi connectivity index (χ0v) is 9.57. The van der Waals surface area contributed by atoms with Crippen LogP contribution in [0, 0.1) is 11.6 Å². The number of methoxy groups -OCH3 is 1. The van der Waals surface area contributed by atoms with E-state index in [1.165, 1.54) is 7.11 Å². The highest BCUT2D eigenvalue weighted by atomic mass is 35.5. The van der Waals surface area contributed by atoms with Gasteiger partial charge in [-0.05, 0) is 19.0 Å². The largest absolute Gasteiger partial charge is 0.495 e. The zero-order chi connectivity index (χ0) is 11.7. The van der Waals surface area contributed by atoms with Crippen LogP contribution < -0.4 is 10.1 Å². The molecule has 1 atom stereocenters. The first-order valence-electron chi connectivity index (χ1n) is 5.07. The van der Waals surface area contributed by atoms with E-state index >= 15 is 0 Å². The maximum Gasteiger partial charge on any atom is 0.166 e. The first-order valence-corrected chi connectivity index (χ1v) is 5.45. The van der Waals surface area contributed by atoms with Crippen molar-refractivity contribution in [1.29, 1.82) is 0 Å². The quantitative estimate of drug-likeness (QED) is 0.812. The summed E-state index contributed by atoms with van der Waals surface area (Å²) in [5.74, 6) is -1.61. The summed E-state index contributed by atoms with van der Waals surface area (Å²) in [6, 6.07) is 0.946. The van der Waals surface area contributed by atoms with Crippen LogP contribution in [0.3, 0.4) is 0 Å². The second-order valence-electron chi connectivity index (χ2n) is 3.79. The van der Waals surface area contributed by atoms with Crippen LogP contribution in [0.1, 0.15) is 17.9 Å². The first-order chi connectivity index (χ1) is 7.65. The normalized spacial score (nSPS) is 20.1. The Hall–Kier alpha value is -0.870. The molecule has 88 valence electrons. The summed E-state index contributed by atoms with van der Waals surface area (Å²) in [6.07, 6.45) is 0.757. The predicted molar refractivity (Wildman–Crippen MR) is 58.1 cm³/mol. The summed E-state index contributed by atoms with van der Waals surface area (Å²) in [7, 11) is 1.41. The minimum atomic E-state index is -0.923. The molecule has 0 saturated carbocycles. The fourth-order valence-electron chi connectivity index (χ4n) is 2.07. The fourth-order valence-corrected chi connectivity index (χ4v) is 2.35. The monoisotopic (exact) mass is 247 g/mol. The Labute approximate surface area is 97.5 Å². The highest BCUT2D eigenvalue weighted by molar-refractivity contribution is 6.32. The highest BCUT2D eigenvalue weighted by Crippen LogP contribution is 2.39. The van der Waals surface area contributed by atoms with Gasteiger partial charge in [0.2, 0.25) is 0 Å². The molecule has 0 spiro atoms. The Bertz CT molecular complexity index is 405. The number of halogens is 3. The topological polar surface area (TPSA) is 21.3 Å². The van der Waals surface area contributed by atoms with Gasteiger partial charge in [-0.25, -0.2) is 8.78 Å². The van der Waals surface area contributed by atoms with E-state index < -0.39 is 11.6 Å². The molecule has 1 fully saturated rings. The van der Waals surface area contributed by atoms with E-state index in [-0.39, 0.29) is 22.3 Å². The Balaban J connectivity index is 2.54. The molecule has 16 heavy (non-hydrogen) atoms. The van der Waals surface area contributed by atoms with Gasteiger partial charge in [-0.2, -0.15) is 0 Å². The molecule has 5 heteroatoms. The number of hydrogen-bond donors (Lipinski definition) is 1. The number of hydrogen-bond acceptors (Lipinski definition) is 2. The van der Waals surface area contributed by atoms with Crippen LogP contribution >= 0.6 is 11.6 Å². The molecule has 0 aliphatic carbocycles. The van der Waals surface area contributed by atoms with E-state index in [1.807, 2.05) is 0 Å². The molecular formula is C11H12ClF2NO. The third kappa shape index (κ3) is 1.87. The van der Waals surface area contributed by atoms with Crippen LogP contribution in [-0.4, -0.2) is 20.2 Å². The van der Waals surface area contributed by atoms with Crippen LogP contribution in [0.25, 0.3) is 0 Å². The van der Waals surface area contributed by atoms with Crippen LogP contribution in [-0.2, 0) is 0 Å². The summed E-state index contributed by atoms with van der Waals surface area (Å²) < 4.78 is 32.1. The molecular weight excluding hydrogens is 236 g/mol. The third-order valence-corrected chi connectivity index (χ3v) is 3.11. The lowest BCUT2D eigenvalue weighted by Gasteiger charge is -2.16. The molecule has 0 aromatic heterocycles. The van der Waals surface area contributed by atoms with Gasteiger partial charge in [0.15, 0.2) is 11.6 Å². The third-order valence-electron chi connectivity index (χ3n) is 2.83. The van der Waals surface area contributed by atoms with Crippen molar-refractivity contribution >= 4 is 11.6 Å². The van der Waals surface area contributed by atoms with Gasteiger partial charge >= 0.3 is 0 Å². The lowest BCUT2D eigenvalue weighted by Crippen LogP contribution is -2.11. The second-order valence-corrected chi connectivity index (χ2v) is 4.20. The fraction of sp³-hybridized carbons (Fsp3) is 0.455. The smallest absolute Gasteiger partial charge is 0.166 e. The van der Waals surface area contributed by atoms with E-state index in [0.29, 0.717) is 6.54 Å². The maximum atomic E-state index is 13.7. The lowest BCUT2D eigenvalue weighted by atomic mass is 9.96. The second kappa shape index (κ2) is 4.55. The highest BCUT2D eigenvalue weighted by Gasteiger charge is 2.27. The molecule has 1 unspecified atom stereocenters. The van der Waals surface area contributed by atoms with Crippen LogP contribution in [0.5, 0.6) is 5.75 Å². The Morgan fingerprint density at radius 2 is 2.25 bits per heavy atom. The Morgan fingerprint density at radius 3 is 2.81 bits per heavy atom. The molecule has 0 bridgehead atoms. The SMILES string of the molecule is COc1c(Cl)cc(F)c(F)c1C1CCNC1. The average Bonchev–Trinajstić information content (AvgIpc) is 2.76. The molecule has 1 aromatic rings. The predicted octanol–water partition coefficient (Wildman–Crippen LogP) is 2.70. The van der Waals surface area contributed by atoms with Gasteiger partial charge in [-0.15, -0.1) is 0 Å². The van der Waals surface area contributed by atoms with E-state index in [4.69, 9.17) is 16.3 Å². The van der Waals surface area contributed by atoms with E-state index in [0.717, 1.165) is 19.0 Å². The van der Waals surface area contributed by atoms with E-state index in [2.05, 4.69) is 5.32 Å². The molecule has 1 aromatic carbocycles. The summed E-state index contributed by atoms with van der Waals surface area (Å²) >= 11 is 5.83. The molecule has 0 radical (unpaired) electrons. The molecule has 1 heterocycles. The number of rotatable bonds is 2. The van der Waals surface area contributed by atoms with Gasteiger partial charge in [0, 0.05) is 18.0 Å². The minimum absolute atomic E-state index is 0.0804. The van der Waals surface area contributed by atoms with Crippen molar-refractivity contribution in [3.63, 3.8) is 0 Å². The molecule has 1 aliphatic rings. The number of nitrogens with one attached hydrogen (secondary N) is 1. The summed E-state index contributed by atoms with van der Waals surface area (Å²) in [6.45, 7) is 1.41. The number of ether oxygens (including phenoxy) is 1. The summed E-state index contributed by atoms with van der Waals surface area (Å²) in [4.78, 5) is 0. The van der Waals surface area contributed by atoms with Crippen molar-refractivity contribution in [2.24, 2.45) is 0 Å². The standard InChI is InChI=1S/C11H12ClF2NO/c1-16-11-7(12)4-8(13)10(14)9(11)6-2-3-15-5-6/h4,6,15H,2-3,5H2,1H3. The molecule has 2 nitrogen and oxygen atoms in total. The van der Waals surface area contributed by atoms with E-state index in [1.54, 1.807) is 0 Å². The van der Waals surface area contributed by atoms with Crippen molar-refractivity contribution in [3.8, 4) is 5.75 Å². The van der Waals surface area contributed by atoms with Gasteiger partial charge in [0.1, 0.15) is 5.75 Å². The number of benzene rings is 1. The molecule has 1 N–H and O–H groups in total. The summed E-state index contributed by atoms with van der Waals surface area (Å²) in [5, 5.41) is 3.21. The molecule has 2 rings (SSSR count). The summed E-state index contributed by atoms with van der Waals surface area (Å²) in [5.41, 5.74) is 0.248. The van der Waals surface area contributed by atoms with Gasteiger partial charge in [-0.1, -0.05) is 11.6 Å². The zero-order valence-electron chi connectivity index (χ0n) is 8.82. The molecule has 1 saturated heterocycles. The Morgan fingerprint density at radius 1 is 1.50 bits per heavy atom. The molecule has 0 amide bonds. The average molecular weight is 248 g/mol. The lowest BCUT2D eigenvalue weighted by molar-refractivity contribution is 0.393. The van der Waals surface area contributed by atoms with Crippen molar-refractivity contribution in [2.75, 3.05) is 20.2 Å². The minimum Gasteiger partial charge on any atom is -0.495 e. The van der Waals surface area contributed by atoms with Crippen molar-refractivity contribution in [2.45, 2.75) is 12.3 Å². The van der Waals surface area contributed by atoms with Crippen molar-refractivity contribution in [3.05, 3.63) is 28.3 Å². The van der Waals surface area contributed by atoms with Gasteiger partial charge in [-0.3, -0.25) is 0 Å². The Kier molecular flexibility index (Phi) is 3.30. The van der Waals surface area contributed by atoms with Crippen molar-refractivity contribution in [1.82, 2.24) is 5.32 Å². The van der Waals surface area contributed by atoms with Gasteiger partial charge in [0.05, 0.1) is 12.1 Å². The van der Waals surface area contributed by atoms with Crippen molar-refractivity contribution < 1.29 is 13.5 Å². The van der Waals surface area contributed by atoms with Crippen LogP contribution in [0.4, 0.5) is 8.78 Å². The first kappa shape index (κ1) is 11.6.